The topological polar surface area (TPSA) is 103 Å². The number of likely N-dealkylation sites (tertiary alicyclic amines) is 1. The average molecular weight is 475 g/mol. The van der Waals surface area contributed by atoms with E-state index in [1.807, 2.05) is 18.2 Å². The molecular weight excluding hydrogens is 444 g/mol. The van der Waals surface area contributed by atoms with Gasteiger partial charge in [-0.3, -0.25) is 14.2 Å². The number of fused-ring (bicyclic) bond motifs is 1. The van der Waals surface area contributed by atoms with E-state index in [2.05, 4.69) is 5.32 Å². The summed E-state index contributed by atoms with van der Waals surface area (Å²) in [4.78, 5) is 44.3. The van der Waals surface area contributed by atoms with Gasteiger partial charge in [0, 0.05) is 32.3 Å². The van der Waals surface area contributed by atoms with Crippen LogP contribution in [0.5, 0.6) is 0 Å². The fraction of sp³-hybridized carbons (Fsp3) is 0.565. The van der Waals surface area contributed by atoms with Crippen LogP contribution in [-0.2, 0) is 14.3 Å². The van der Waals surface area contributed by atoms with Crippen LogP contribution < -0.4 is 10.9 Å². The largest absolute Gasteiger partial charge is 0.450 e. The van der Waals surface area contributed by atoms with E-state index in [1.165, 1.54) is 11.8 Å². The van der Waals surface area contributed by atoms with Crippen molar-refractivity contribution in [3.8, 4) is 0 Å². The first kappa shape index (κ1) is 23.6. The third kappa shape index (κ3) is 5.67. The first-order valence-electron chi connectivity index (χ1n) is 11.5. The van der Waals surface area contributed by atoms with Crippen LogP contribution >= 0.6 is 11.8 Å². The van der Waals surface area contributed by atoms with Crippen molar-refractivity contribution in [3.63, 3.8) is 0 Å². The molecule has 178 valence electrons. The normalized spacial score (nSPS) is 19.1. The number of hydrogen-bond donors (Lipinski definition) is 1. The third-order valence-corrected chi connectivity index (χ3v) is 6.97. The molecule has 0 unspecified atom stereocenters. The Kier molecular flexibility index (Phi) is 7.87. The fourth-order valence-corrected chi connectivity index (χ4v) is 5.18. The highest BCUT2D eigenvalue weighted by Crippen LogP contribution is 2.27. The van der Waals surface area contributed by atoms with Crippen LogP contribution in [0.25, 0.3) is 10.9 Å². The van der Waals surface area contributed by atoms with Crippen molar-refractivity contribution in [2.45, 2.75) is 49.9 Å². The highest BCUT2D eigenvalue weighted by atomic mass is 32.2. The van der Waals surface area contributed by atoms with E-state index in [-0.39, 0.29) is 35.5 Å². The molecule has 2 aliphatic heterocycles. The van der Waals surface area contributed by atoms with Gasteiger partial charge in [-0.1, -0.05) is 23.9 Å². The molecule has 2 aromatic rings. The number of benzene rings is 1. The molecule has 9 nitrogen and oxygen atoms in total. The van der Waals surface area contributed by atoms with Gasteiger partial charge in [0.15, 0.2) is 5.16 Å². The van der Waals surface area contributed by atoms with Gasteiger partial charge in [-0.25, -0.2) is 9.78 Å². The summed E-state index contributed by atoms with van der Waals surface area (Å²) in [5.74, 6) is 0.0562. The SMILES string of the molecule is CCOC(=O)N1CCC(n2c(SCC(=O)NC[C@@H]3CCCO3)nc3ccccc3c2=O)CC1. The molecule has 1 aromatic carbocycles. The lowest BCUT2D eigenvalue weighted by Crippen LogP contribution is -2.41. The van der Waals surface area contributed by atoms with Crippen molar-refractivity contribution in [1.82, 2.24) is 19.8 Å². The van der Waals surface area contributed by atoms with Gasteiger partial charge in [-0.15, -0.1) is 0 Å². The van der Waals surface area contributed by atoms with E-state index in [0.717, 1.165) is 19.4 Å². The van der Waals surface area contributed by atoms with Crippen LogP contribution in [0.4, 0.5) is 4.79 Å². The minimum Gasteiger partial charge on any atom is -0.450 e. The van der Waals surface area contributed by atoms with Crippen molar-refractivity contribution in [3.05, 3.63) is 34.6 Å². The van der Waals surface area contributed by atoms with Crippen LogP contribution in [0.2, 0.25) is 0 Å². The number of piperidine rings is 1. The summed E-state index contributed by atoms with van der Waals surface area (Å²) in [5.41, 5.74) is 0.502. The maximum atomic E-state index is 13.4. The maximum Gasteiger partial charge on any atom is 0.409 e. The van der Waals surface area contributed by atoms with E-state index in [9.17, 15) is 14.4 Å². The molecule has 4 rings (SSSR count). The maximum absolute atomic E-state index is 13.4. The molecule has 2 saturated heterocycles. The second-order valence-electron chi connectivity index (χ2n) is 8.23. The fourth-order valence-electron chi connectivity index (χ4n) is 4.28. The van der Waals surface area contributed by atoms with Gasteiger partial charge >= 0.3 is 6.09 Å². The van der Waals surface area contributed by atoms with Crippen LogP contribution in [0.3, 0.4) is 0 Å². The van der Waals surface area contributed by atoms with Crippen molar-refractivity contribution < 1.29 is 19.1 Å². The van der Waals surface area contributed by atoms with Crippen molar-refractivity contribution in [2.75, 3.05) is 38.6 Å². The minimum absolute atomic E-state index is 0.0838. The highest BCUT2D eigenvalue weighted by Gasteiger charge is 2.28. The van der Waals surface area contributed by atoms with Crippen LogP contribution in [0, 0.1) is 0 Å². The first-order chi connectivity index (χ1) is 16.1. The lowest BCUT2D eigenvalue weighted by atomic mass is 10.0. The number of nitrogens with zero attached hydrogens (tertiary/aromatic N) is 3. The Balaban J connectivity index is 1.49. The molecule has 0 radical (unpaired) electrons. The van der Waals surface area contributed by atoms with Crippen molar-refractivity contribution >= 4 is 34.7 Å². The molecule has 2 fully saturated rings. The van der Waals surface area contributed by atoms with Gasteiger partial charge < -0.3 is 19.7 Å². The predicted molar refractivity (Wildman–Crippen MR) is 126 cm³/mol. The number of carbonyl (C=O) groups excluding carboxylic acids is 2. The molecular formula is C23H30N4O5S. The molecule has 0 saturated carbocycles. The van der Waals surface area contributed by atoms with Gasteiger partial charge in [0.2, 0.25) is 5.91 Å². The highest BCUT2D eigenvalue weighted by molar-refractivity contribution is 7.99. The van der Waals surface area contributed by atoms with Gasteiger partial charge in [0.05, 0.1) is 29.4 Å². The number of aromatic nitrogens is 2. The lowest BCUT2D eigenvalue weighted by Gasteiger charge is -2.33. The Morgan fingerprint density at radius 2 is 2.03 bits per heavy atom. The molecule has 33 heavy (non-hydrogen) atoms. The Bertz CT molecular complexity index is 1040. The monoisotopic (exact) mass is 474 g/mol. The van der Waals surface area contributed by atoms with Crippen molar-refractivity contribution in [1.29, 1.82) is 0 Å². The summed E-state index contributed by atoms with van der Waals surface area (Å²) >= 11 is 1.27. The van der Waals surface area contributed by atoms with Crippen LogP contribution in [0.15, 0.2) is 34.2 Å². The number of amides is 2. The average Bonchev–Trinajstić information content (AvgIpc) is 3.36. The molecule has 0 aliphatic carbocycles. The summed E-state index contributed by atoms with van der Waals surface area (Å²) < 4.78 is 12.4. The minimum atomic E-state index is -0.322. The molecule has 1 aromatic heterocycles. The summed E-state index contributed by atoms with van der Waals surface area (Å²) in [6.07, 6.45) is 2.99. The molecule has 0 spiro atoms. The molecule has 0 bridgehead atoms. The van der Waals surface area contributed by atoms with E-state index in [0.29, 0.717) is 55.1 Å². The molecule has 1 N–H and O–H groups in total. The summed E-state index contributed by atoms with van der Waals surface area (Å²) in [7, 11) is 0. The number of nitrogens with one attached hydrogen (secondary N) is 1. The van der Waals surface area contributed by atoms with Gasteiger partial charge in [0.25, 0.3) is 5.56 Å². The quantitative estimate of drug-likeness (QED) is 0.486. The molecule has 2 aliphatic rings. The number of rotatable bonds is 7. The molecule has 2 amide bonds. The van der Waals surface area contributed by atoms with Crippen LogP contribution in [0.1, 0.15) is 38.6 Å². The Morgan fingerprint density at radius 1 is 1.24 bits per heavy atom. The predicted octanol–water partition coefficient (Wildman–Crippen LogP) is 2.58. The smallest absolute Gasteiger partial charge is 0.409 e. The number of thioether (sulfide) groups is 1. The zero-order valence-corrected chi connectivity index (χ0v) is 19.6. The van der Waals surface area contributed by atoms with E-state index < -0.39 is 0 Å². The summed E-state index contributed by atoms with van der Waals surface area (Å²) in [6, 6.07) is 7.16. The van der Waals surface area contributed by atoms with E-state index in [4.69, 9.17) is 14.5 Å². The third-order valence-electron chi connectivity index (χ3n) is 6.01. The second kappa shape index (κ2) is 11.0. The molecule has 1 atom stereocenters. The van der Waals surface area contributed by atoms with Gasteiger partial charge in [-0.2, -0.15) is 0 Å². The number of carbonyl (C=O) groups is 2. The summed E-state index contributed by atoms with van der Waals surface area (Å²) in [5, 5.41) is 4.00. The second-order valence-corrected chi connectivity index (χ2v) is 9.17. The Morgan fingerprint density at radius 3 is 2.76 bits per heavy atom. The summed E-state index contributed by atoms with van der Waals surface area (Å²) in [6.45, 7) is 4.39. The molecule has 3 heterocycles. The van der Waals surface area contributed by atoms with E-state index in [1.54, 1.807) is 22.5 Å². The number of ether oxygens (including phenoxy) is 2. The zero-order chi connectivity index (χ0) is 23.2. The standard InChI is InChI=1S/C23H30N4O5S/c1-2-31-23(30)26-11-9-16(10-12-26)27-21(29)18-7-3-4-8-19(18)25-22(27)33-15-20(28)24-14-17-6-5-13-32-17/h3-4,7-8,16-17H,2,5-6,9-15H2,1H3,(H,24,28)/t17-/m0/s1. The van der Waals surface area contributed by atoms with Gasteiger partial charge in [0.1, 0.15) is 0 Å². The van der Waals surface area contributed by atoms with Crippen molar-refractivity contribution in [2.24, 2.45) is 0 Å². The number of para-hydroxylation sites is 1. The number of hydrogen-bond acceptors (Lipinski definition) is 7. The lowest BCUT2D eigenvalue weighted by molar-refractivity contribution is -0.119. The van der Waals surface area contributed by atoms with E-state index >= 15 is 0 Å². The Hall–Kier alpha value is -2.59. The van der Waals surface area contributed by atoms with Gasteiger partial charge in [-0.05, 0) is 44.7 Å². The molecule has 10 heteroatoms. The Labute approximate surface area is 196 Å². The van der Waals surface area contributed by atoms with Crippen LogP contribution in [-0.4, -0.2) is 71.2 Å². The first-order valence-corrected chi connectivity index (χ1v) is 12.5. The zero-order valence-electron chi connectivity index (χ0n) is 18.8.